The highest BCUT2D eigenvalue weighted by atomic mass is 19.1. The third-order valence-corrected chi connectivity index (χ3v) is 6.73. The number of nitrogens with one attached hydrogen (secondary N) is 1. The van der Waals surface area contributed by atoms with Gasteiger partial charge < -0.3 is 19.5 Å². The first-order valence-electron chi connectivity index (χ1n) is 11.3. The van der Waals surface area contributed by atoms with Gasteiger partial charge in [-0.15, -0.1) is 0 Å². The number of fused-ring (bicyclic) bond motifs is 2. The van der Waals surface area contributed by atoms with Crippen molar-refractivity contribution in [3.05, 3.63) is 48.0 Å². The van der Waals surface area contributed by atoms with Crippen LogP contribution in [0.15, 0.2) is 42.5 Å². The molecule has 2 aromatic carbocycles. The highest BCUT2D eigenvalue weighted by Gasteiger charge is 2.49. The summed E-state index contributed by atoms with van der Waals surface area (Å²) in [6.07, 6.45) is 1.73. The van der Waals surface area contributed by atoms with Crippen molar-refractivity contribution in [1.29, 1.82) is 0 Å². The average Bonchev–Trinajstić information content (AvgIpc) is 3.36. The van der Waals surface area contributed by atoms with Gasteiger partial charge in [0, 0.05) is 19.5 Å². The van der Waals surface area contributed by atoms with Crippen LogP contribution in [0, 0.1) is 0 Å². The number of anilines is 1. The Morgan fingerprint density at radius 2 is 1.97 bits per heavy atom. The minimum atomic E-state index is -0.794. The molecule has 0 amide bonds. The number of methoxy groups -OCH3 is 2. The van der Waals surface area contributed by atoms with Gasteiger partial charge in [-0.3, -0.25) is 4.90 Å². The van der Waals surface area contributed by atoms with E-state index in [1.165, 1.54) is 0 Å². The number of benzene rings is 2. The first-order valence-corrected chi connectivity index (χ1v) is 11.3. The van der Waals surface area contributed by atoms with Gasteiger partial charge in [-0.2, -0.15) is 9.97 Å². The normalized spacial score (nSPS) is 22.3. The van der Waals surface area contributed by atoms with E-state index in [2.05, 4.69) is 20.2 Å². The molecule has 2 aliphatic rings. The lowest BCUT2D eigenvalue weighted by Gasteiger charge is -2.30. The summed E-state index contributed by atoms with van der Waals surface area (Å²) < 4.78 is 31.1. The van der Waals surface area contributed by atoms with Gasteiger partial charge in [0.05, 0.1) is 30.7 Å². The second kappa shape index (κ2) is 9.02. The summed E-state index contributed by atoms with van der Waals surface area (Å²) in [5.41, 5.74) is 1.57. The van der Waals surface area contributed by atoms with E-state index in [9.17, 15) is 4.39 Å². The van der Waals surface area contributed by atoms with Crippen LogP contribution in [-0.2, 0) is 6.54 Å². The number of halogens is 1. The maximum Gasteiger partial charge on any atom is 0.319 e. The van der Waals surface area contributed by atoms with Crippen LogP contribution < -0.4 is 19.5 Å². The zero-order valence-electron chi connectivity index (χ0n) is 19.0. The smallest absolute Gasteiger partial charge is 0.319 e. The van der Waals surface area contributed by atoms with Crippen molar-refractivity contribution >= 4 is 16.7 Å². The summed E-state index contributed by atoms with van der Waals surface area (Å²) in [6, 6.07) is 13.9. The summed E-state index contributed by atoms with van der Waals surface area (Å²) in [5, 5.41) is 4.21. The summed E-state index contributed by atoms with van der Waals surface area (Å²) >= 11 is 0. The van der Waals surface area contributed by atoms with Crippen molar-refractivity contribution in [2.24, 2.45) is 0 Å². The van der Waals surface area contributed by atoms with Crippen LogP contribution in [0.3, 0.4) is 0 Å². The third-order valence-electron chi connectivity index (χ3n) is 6.73. The monoisotopic (exact) mass is 452 g/mol. The minimum absolute atomic E-state index is 0.247. The second-order valence-corrected chi connectivity index (χ2v) is 8.77. The fourth-order valence-electron chi connectivity index (χ4n) is 5.07. The molecule has 2 saturated heterocycles. The number of alkyl halides is 1. The van der Waals surface area contributed by atoms with Gasteiger partial charge in [0.25, 0.3) is 0 Å². The van der Waals surface area contributed by atoms with E-state index < -0.39 is 6.17 Å². The molecule has 2 atom stereocenters. The summed E-state index contributed by atoms with van der Waals surface area (Å²) in [7, 11) is 3.28. The molecule has 1 N–H and O–H groups in total. The fourth-order valence-corrected chi connectivity index (χ4v) is 5.07. The van der Waals surface area contributed by atoms with Gasteiger partial charge in [-0.1, -0.05) is 18.2 Å². The fraction of sp³-hybridized carbons (Fsp3) is 0.440. The van der Waals surface area contributed by atoms with Crippen LogP contribution in [0.1, 0.15) is 24.8 Å². The standard InChI is InChI=1S/C25H29FN4O3/c1-31-19-9-7-17(8-10-19)14-27-23-22-20(5-3-6-21(22)32-2)28-24(29-23)33-16-25-11-4-12-30(25)15-18(26)13-25/h3,5-10,18H,4,11-16H2,1-2H3,(H,27,28,29)/t18-,25+/m1/s1. The topological polar surface area (TPSA) is 68.7 Å². The second-order valence-electron chi connectivity index (χ2n) is 8.77. The van der Waals surface area contributed by atoms with Crippen LogP contribution in [-0.4, -0.2) is 60.5 Å². The minimum Gasteiger partial charge on any atom is -0.497 e. The molecule has 0 unspecified atom stereocenters. The van der Waals surface area contributed by atoms with Crippen molar-refractivity contribution in [3.8, 4) is 17.5 Å². The molecule has 33 heavy (non-hydrogen) atoms. The summed E-state index contributed by atoms with van der Waals surface area (Å²) in [5.74, 6) is 2.14. The van der Waals surface area contributed by atoms with Crippen molar-refractivity contribution < 1.29 is 18.6 Å². The van der Waals surface area contributed by atoms with E-state index in [4.69, 9.17) is 14.2 Å². The zero-order valence-corrected chi connectivity index (χ0v) is 19.0. The van der Waals surface area contributed by atoms with Crippen LogP contribution >= 0.6 is 0 Å². The van der Waals surface area contributed by atoms with Gasteiger partial charge in [-0.25, -0.2) is 4.39 Å². The lowest BCUT2D eigenvalue weighted by atomic mass is 9.95. The van der Waals surface area contributed by atoms with E-state index in [-0.39, 0.29) is 11.5 Å². The Morgan fingerprint density at radius 3 is 2.76 bits per heavy atom. The highest BCUT2D eigenvalue weighted by molar-refractivity contribution is 5.94. The van der Waals surface area contributed by atoms with Crippen molar-refractivity contribution in [2.45, 2.75) is 37.5 Å². The molecule has 2 fully saturated rings. The van der Waals surface area contributed by atoms with Crippen molar-refractivity contribution in [3.63, 3.8) is 0 Å². The van der Waals surface area contributed by atoms with Crippen LogP contribution in [0.5, 0.6) is 17.5 Å². The molecule has 3 aromatic rings. The first kappa shape index (κ1) is 21.7. The molecule has 5 rings (SSSR count). The van der Waals surface area contributed by atoms with Gasteiger partial charge >= 0.3 is 6.01 Å². The molecule has 3 heterocycles. The maximum absolute atomic E-state index is 14.1. The van der Waals surface area contributed by atoms with E-state index in [0.29, 0.717) is 37.7 Å². The van der Waals surface area contributed by atoms with Gasteiger partial charge in [-0.05, 0) is 49.2 Å². The Labute approximate surface area is 192 Å². The van der Waals surface area contributed by atoms with E-state index in [1.807, 2.05) is 42.5 Å². The van der Waals surface area contributed by atoms with Crippen LogP contribution in [0.25, 0.3) is 10.9 Å². The average molecular weight is 453 g/mol. The Morgan fingerprint density at radius 1 is 1.12 bits per heavy atom. The predicted molar refractivity (Wildman–Crippen MR) is 125 cm³/mol. The van der Waals surface area contributed by atoms with Crippen LogP contribution in [0.4, 0.5) is 10.2 Å². The van der Waals surface area contributed by atoms with Gasteiger partial charge in [0.2, 0.25) is 0 Å². The quantitative estimate of drug-likeness (QED) is 0.549. The molecule has 0 aliphatic carbocycles. The molecule has 1 aromatic heterocycles. The molecule has 0 radical (unpaired) electrons. The molecule has 8 heteroatoms. The number of rotatable bonds is 8. The van der Waals surface area contributed by atoms with Gasteiger partial charge in [0.15, 0.2) is 0 Å². The van der Waals surface area contributed by atoms with Crippen molar-refractivity contribution in [1.82, 2.24) is 14.9 Å². The van der Waals surface area contributed by atoms with Gasteiger partial charge in [0.1, 0.15) is 30.1 Å². The van der Waals surface area contributed by atoms with Crippen molar-refractivity contribution in [2.75, 3.05) is 39.2 Å². The maximum atomic E-state index is 14.1. The molecule has 0 bridgehead atoms. The molecule has 0 saturated carbocycles. The Hall–Kier alpha value is -3.13. The van der Waals surface area contributed by atoms with E-state index in [1.54, 1.807) is 14.2 Å². The number of aromatic nitrogens is 2. The highest BCUT2D eigenvalue weighted by Crippen LogP contribution is 2.40. The lowest BCUT2D eigenvalue weighted by Crippen LogP contribution is -2.43. The Balaban J connectivity index is 1.41. The number of nitrogens with zero attached hydrogens (tertiary/aromatic N) is 3. The summed E-state index contributed by atoms with van der Waals surface area (Å²) in [4.78, 5) is 11.5. The summed E-state index contributed by atoms with van der Waals surface area (Å²) in [6.45, 7) is 2.37. The molecule has 174 valence electrons. The number of hydrogen-bond donors (Lipinski definition) is 1. The first-order chi connectivity index (χ1) is 16.1. The lowest BCUT2D eigenvalue weighted by molar-refractivity contribution is 0.107. The SMILES string of the molecule is COc1ccc(CNc2nc(OC[C@@]34CCCN3C[C@H](F)C4)nc3cccc(OC)c23)cc1. The molecule has 0 spiro atoms. The molecular formula is C25H29FN4O3. The zero-order chi connectivity index (χ0) is 22.8. The van der Waals surface area contributed by atoms with E-state index in [0.717, 1.165) is 41.6 Å². The molecule has 2 aliphatic heterocycles. The predicted octanol–water partition coefficient (Wildman–Crippen LogP) is 4.21. The van der Waals surface area contributed by atoms with Crippen LogP contribution in [0.2, 0.25) is 0 Å². The molecular weight excluding hydrogens is 423 g/mol. The third kappa shape index (κ3) is 4.27. The Kier molecular flexibility index (Phi) is 5.93. The largest absolute Gasteiger partial charge is 0.497 e. The number of hydrogen-bond acceptors (Lipinski definition) is 7. The van der Waals surface area contributed by atoms with E-state index >= 15 is 0 Å². The molecule has 7 nitrogen and oxygen atoms in total. The Bertz CT molecular complexity index is 1130. The number of ether oxygens (including phenoxy) is 3.